The maximum Gasteiger partial charge on any atom is 0.253 e. The molecule has 0 fully saturated rings. The van der Waals surface area contributed by atoms with Crippen molar-refractivity contribution in [3.63, 3.8) is 0 Å². The molecule has 2 amide bonds. The van der Waals surface area contributed by atoms with E-state index >= 15 is 0 Å². The van der Waals surface area contributed by atoms with Gasteiger partial charge in [0.2, 0.25) is 0 Å². The van der Waals surface area contributed by atoms with Crippen LogP contribution in [0.1, 0.15) is 46.3 Å². The van der Waals surface area contributed by atoms with Gasteiger partial charge in [-0.25, -0.2) is 0 Å². The van der Waals surface area contributed by atoms with Gasteiger partial charge in [-0.15, -0.1) is 0 Å². The van der Waals surface area contributed by atoms with E-state index in [-0.39, 0.29) is 17.9 Å². The van der Waals surface area contributed by atoms with Gasteiger partial charge in [0.1, 0.15) is 11.9 Å². The highest BCUT2D eigenvalue weighted by Crippen LogP contribution is 2.20. The van der Waals surface area contributed by atoms with Crippen LogP contribution in [0, 0.1) is 0 Å². The van der Waals surface area contributed by atoms with Crippen LogP contribution < -0.4 is 15.4 Å². The van der Waals surface area contributed by atoms with Crippen LogP contribution in [0.25, 0.3) is 0 Å². The van der Waals surface area contributed by atoms with Crippen LogP contribution in [-0.2, 0) is 0 Å². The number of carbonyl (C=O) groups excluding carboxylic acids is 2. The molecule has 0 aliphatic heterocycles. The van der Waals surface area contributed by atoms with Crippen molar-refractivity contribution in [2.24, 2.45) is 0 Å². The Bertz CT molecular complexity index is 1010. The maximum absolute atomic E-state index is 12.8. The molecule has 3 aromatic rings. The molecule has 3 rings (SSSR count). The van der Waals surface area contributed by atoms with Gasteiger partial charge in [0, 0.05) is 20.1 Å². The lowest BCUT2D eigenvalue weighted by Crippen LogP contribution is -2.41. The van der Waals surface area contributed by atoms with E-state index in [9.17, 15) is 9.59 Å². The van der Waals surface area contributed by atoms with Gasteiger partial charge in [0.25, 0.3) is 11.8 Å². The topological polar surface area (TPSA) is 67.4 Å². The summed E-state index contributed by atoms with van der Waals surface area (Å²) in [6, 6.07) is 21.4. The first kappa shape index (κ1) is 23.0. The molecule has 0 saturated carbocycles. The maximum atomic E-state index is 12.8. The van der Waals surface area contributed by atoms with Gasteiger partial charge in [-0.2, -0.15) is 0 Å². The second-order valence-electron chi connectivity index (χ2n) is 7.14. The Morgan fingerprint density at radius 2 is 1.26 bits per heavy atom. The van der Waals surface area contributed by atoms with Crippen LogP contribution in [0.5, 0.6) is 5.75 Å². The molecule has 31 heavy (non-hydrogen) atoms. The summed E-state index contributed by atoms with van der Waals surface area (Å²) < 4.78 is 7.28. The van der Waals surface area contributed by atoms with Crippen LogP contribution in [0.3, 0.4) is 0 Å². The van der Waals surface area contributed by atoms with E-state index in [0.717, 1.165) is 14.5 Å². The summed E-state index contributed by atoms with van der Waals surface area (Å²) in [7, 11) is 0. The van der Waals surface area contributed by atoms with Gasteiger partial charge in [-0.3, -0.25) is 9.59 Å². The van der Waals surface area contributed by atoms with Crippen LogP contribution >= 0.6 is 31.9 Å². The number of hydrogen-bond acceptors (Lipinski definition) is 3. The normalized spacial score (nSPS) is 10.8. The standard InChI is InChI=1S/C24H22Br2N2O3/c1-15(2)31-21-11-9-16(10-12-21)22(27-23(29)17-5-3-7-19(25)13-17)28-24(30)18-6-4-8-20(26)14-18/h3-15,22H,1-2H3,(H,27,29)(H,28,30). The fourth-order valence-corrected chi connectivity index (χ4v) is 3.70. The molecule has 0 radical (unpaired) electrons. The number of benzene rings is 3. The van der Waals surface area contributed by atoms with E-state index in [1.165, 1.54) is 0 Å². The molecule has 0 aliphatic carbocycles. The number of hydrogen-bond donors (Lipinski definition) is 2. The van der Waals surface area contributed by atoms with Gasteiger partial charge in [-0.05, 0) is 67.9 Å². The van der Waals surface area contributed by atoms with Crippen molar-refractivity contribution in [3.05, 3.63) is 98.4 Å². The van der Waals surface area contributed by atoms with Crippen molar-refractivity contribution < 1.29 is 14.3 Å². The molecule has 160 valence electrons. The monoisotopic (exact) mass is 544 g/mol. The third-order valence-corrected chi connectivity index (χ3v) is 5.30. The van der Waals surface area contributed by atoms with Gasteiger partial charge in [0.05, 0.1) is 6.10 Å². The van der Waals surface area contributed by atoms with Crippen LogP contribution in [0.15, 0.2) is 81.7 Å². The van der Waals surface area contributed by atoms with E-state index in [1.54, 1.807) is 36.4 Å². The molecule has 0 unspecified atom stereocenters. The van der Waals surface area contributed by atoms with Crippen molar-refractivity contribution in [1.82, 2.24) is 10.6 Å². The SMILES string of the molecule is CC(C)Oc1ccc(C(NC(=O)c2cccc(Br)c2)NC(=O)c2cccc(Br)c2)cc1. The van der Waals surface area contributed by atoms with Crippen LogP contribution in [-0.4, -0.2) is 17.9 Å². The highest BCUT2D eigenvalue weighted by molar-refractivity contribution is 9.10. The van der Waals surface area contributed by atoms with Crippen molar-refractivity contribution in [3.8, 4) is 5.75 Å². The summed E-state index contributed by atoms with van der Waals surface area (Å²) in [6.07, 6.45) is -0.680. The number of nitrogens with one attached hydrogen (secondary N) is 2. The van der Waals surface area contributed by atoms with Crippen molar-refractivity contribution in [2.45, 2.75) is 26.1 Å². The summed E-state index contributed by atoms with van der Waals surface area (Å²) in [5.41, 5.74) is 1.69. The highest BCUT2D eigenvalue weighted by atomic mass is 79.9. The Labute approximate surface area is 198 Å². The molecule has 0 aliphatic rings. The Kier molecular flexibility index (Phi) is 7.87. The molecule has 5 nitrogen and oxygen atoms in total. The lowest BCUT2D eigenvalue weighted by Gasteiger charge is -2.21. The smallest absolute Gasteiger partial charge is 0.253 e. The first-order valence-electron chi connectivity index (χ1n) is 9.71. The van der Waals surface area contributed by atoms with Gasteiger partial charge >= 0.3 is 0 Å². The molecule has 3 aromatic carbocycles. The average molecular weight is 546 g/mol. The van der Waals surface area contributed by atoms with Crippen LogP contribution in [0.2, 0.25) is 0 Å². The largest absolute Gasteiger partial charge is 0.491 e. The minimum Gasteiger partial charge on any atom is -0.491 e. The fourth-order valence-electron chi connectivity index (χ4n) is 2.90. The minimum absolute atomic E-state index is 0.0501. The summed E-state index contributed by atoms with van der Waals surface area (Å²) >= 11 is 6.76. The molecule has 0 spiro atoms. The summed E-state index contributed by atoms with van der Waals surface area (Å²) in [5.74, 6) is 0.112. The highest BCUT2D eigenvalue weighted by Gasteiger charge is 2.19. The quantitative estimate of drug-likeness (QED) is 0.365. The first-order chi connectivity index (χ1) is 14.8. The van der Waals surface area contributed by atoms with E-state index in [2.05, 4.69) is 42.5 Å². The molecule has 0 heterocycles. The lowest BCUT2D eigenvalue weighted by atomic mass is 10.1. The van der Waals surface area contributed by atoms with E-state index in [1.807, 2.05) is 50.2 Å². The molecule has 0 atom stereocenters. The summed E-state index contributed by atoms with van der Waals surface area (Å²) in [5, 5.41) is 5.82. The minimum atomic E-state index is -0.730. The number of ether oxygens (including phenoxy) is 1. The summed E-state index contributed by atoms with van der Waals surface area (Å²) in [6.45, 7) is 3.90. The predicted octanol–water partition coefficient (Wildman–Crippen LogP) is 5.86. The van der Waals surface area contributed by atoms with Crippen molar-refractivity contribution >= 4 is 43.7 Å². The molecule has 0 aromatic heterocycles. The van der Waals surface area contributed by atoms with Gasteiger partial charge in [0.15, 0.2) is 0 Å². The fraction of sp³-hybridized carbons (Fsp3) is 0.167. The zero-order chi connectivity index (χ0) is 22.4. The third-order valence-electron chi connectivity index (χ3n) is 4.31. The Morgan fingerprint density at radius 1 is 0.774 bits per heavy atom. The Hall–Kier alpha value is -2.64. The number of rotatable bonds is 7. The Morgan fingerprint density at radius 3 is 1.68 bits per heavy atom. The zero-order valence-corrected chi connectivity index (χ0v) is 20.2. The first-order valence-corrected chi connectivity index (χ1v) is 11.3. The third kappa shape index (κ3) is 6.67. The lowest BCUT2D eigenvalue weighted by molar-refractivity contribution is 0.0883. The summed E-state index contributed by atoms with van der Waals surface area (Å²) in [4.78, 5) is 25.7. The van der Waals surface area contributed by atoms with E-state index < -0.39 is 6.17 Å². The molecular weight excluding hydrogens is 524 g/mol. The van der Waals surface area contributed by atoms with Gasteiger partial charge in [-0.1, -0.05) is 56.1 Å². The molecule has 7 heteroatoms. The molecule has 0 saturated heterocycles. The number of amides is 2. The van der Waals surface area contributed by atoms with E-state index in [0.29, 0.717) is 16.9 Å². The number of carbonyl (C=O) groups is 2. The van der Waals surface area contributed by atoms with Crippen LogP contribution in [0.4, 0.5) is 0 Å². The van der Waals surface area contributed by atoms with Crippen molar-refractivity contribution in [2.75, 3.05) is 0 Å². The molecule has 2 N–H and O–H groups in total. The van der Waals surface area contributed by atoms with Gasteiger partial charge < -0.3 is 15.4 Å². The Balaban J connectivity index is 1.85. The number of halogens is 2. The second kappa shape index (κ2) is 10.6. The second-order valence-corrected chi connectivity index (χ2v) is 8.97. The molecular formula is C24H22Br2N2O3. The zero-order valence-electron chi connectivity index (χ0n) is 17.1. The van der Waals surface area contributed by atoms with E-state index in [4.69, 9.17) is 4.74 Å². The molecule has 0 bridgehead atoms. The predicted molar refractivity (Wildman–Crippen MR) is 128 cm³/mol. The van der Waals surface area contributed by atoms with Crippen molar-refractivity contribution in [1.29, 1.82) is 0 Å². The average Bonchev–Trinajstić information content (AvgIpc) is 2.73.